The molecule has 0 saturated carbocycles. The largest absolute Gasteiger partial charge is 0.482 e. The van der Waals surface area contributed by atoms with Gasteiger partial charge in [-0.15, -0.1) is 0 Å². The van der Waals surface area contributed by atoms with Crippen molar-refractivity contribution in [3.05, 3.63) is 23.2 Å². The predicted octanol–water partition coefficient (Wildman–Crippen LogP) is 3.17. The minimum Gasteiger partial charge on any atom is -0.482 e. The molecule has 0 bridgehead atoms. The summed E-state index contributed by atoms with van der Waals surface area (Å²) in [6.45, 7) is 9.23. The minimum absolute atomic E-state index is 0.0118. The van der Waals surface area contributed by atoms with Crippen LogP contribution in [0.1, 0.15) is 40.5 Å². The highest BCUT2D eigenvalue weighted by atomic mass is 35.5. The van der Waals surface area contributed by atoms with Crippen LogP contribution in [0, 0.1) is 5.92 Å². The normalized spacial score (nSPS) is 16.1. The number of ether oxygens (including phenoxy) is 1. The Morgan fingerprint density at radius 3 is 2.55 bits per heavy atom. The Morgan fingerprint density at radius 2 is 1.97 bits per heavy atom. The fourth-order valence-electron chi connectivity index (χ4n) is 3.36. The molecule has 1 atom stereocenters. The van der Waals surface area contributed by atoms with E-state index in [1.54, 1.807) is 28.0 Å². The Hall–Kier alpha value is -2.28. The second kappa shape index (κ2) is 10.5. The summed E-state index contributed by atoms with van der Waals surface area (Å²) in [7, 11) is 0. The summed E-state index contributed by atoms with van der Waals surface area (Å²) in [4.78, 5) is 40.4. The predicted molar refractivity (Wildman–Crippen MR) is 113 cm³/mol. The van der Waals surface area contributed by atoms with Crippen LogP contribution in [0.5, 0.6) is 5.75 Å². The Balaban J connectivity index is 1.98. The minimum atomic E-state index is -0.466. The van der Waals surface area contributed by atoms with E-state index in [0.717, 1.165) is 6.42 Å². The van der Waals surface area contributed by atoms with E-state index >= 15 is 0 Å². The number of carbonyl (C=O) groups excluding carboxylic acids is 3. The van der Waals surface area contributed by atoms with Gasteiger partial charge in [-0.05, 0) is 44.9 Å². The fourth-order valence-corrected chi connectivity index (χ4v) is 3.60. The van der Waals surface area contributed by atoms with E-state index in [9.17, 15) is 14.4 Å². The molecular formula is C21H30ClN3O4. The first-order valence-electron chi connectivity index (χ1n) is 10.1. The third-order valence-electron chi connectivity index (χ3n) is 5.00. The molecule has 2 rings (SSSR count). The molecule has 7 nitrogen and oxygen atoms in total. The van der Waals surface area contributed by atoms with Crippen molar-refractivity contribution >= 4 is 35.0 Å². The molecule has 1 aromatic rings. The van der Waals surface area contributed by atoms with E-state index in [0.29, 0.717) is 42.5 Å². The van der Waals surface area contributed by atoms with Gasteiger partial charge >= 0.3 is 0 Å². The summed E-state index contributed by atoms with van der Waals surface area (Å²) in [5.41, 5.74) is 0.520. The zero-order chi connectivity index (χ0) is 21.6. The van der Waals surface area contributed by atoms with E-state index < -0.39 is 6.04 Å². The molecule has 0 aliphatic carbocycles. The maximum Gasteiger partial charge on any atom is 0.260 e. The molecule has 29 heavy (non-hydrogen) atoms. The van der Waals surface area contributed by atoms with E-state index in [2.05, 4.69) is 5.32 Å². The lowest BCUT2D eigenvalue weighted by molar-refractivity contribution is -0.139. The van der Waals surface area contributed by atoms with Crippen molar-refractivity contribution in [2.24, 2.45) is 5.92 Å². The lowest BCUT2D eigenvalue weighted by atomic mass is 10.1. The average Bonchev–Trinajstić information content (AvgIpc) is 3.17. The van der Waals surface area contributed by atoms with Crippen LogP contribution in [0.4, 0.5) is 5.69 Å². The van der Waals surface area contributed by atoms with Gasteiger partial charge in [0.2, 0.25) is 11.8 Å². The lowest BCUT2D eigenvalue weighted by Gasteiger charge is -2.25. The van der Waals surface area contributed by atoms with Crippen molar-refractivity contribution in [3.63, 3.8) is 0 Å². The molecule has 0 spiro atoms. The summed E-state index contributed by atoms with van der Waals surface area (Å²) < 4.78 is 5.53. The first-order valence-corrected chi connectivity index (χ1v) is 10.5. The molecule has 1 aliphatic rings. The number of hydrogen-bond donors (Lipinski definition) is 1. The highest BCUT2D eigenvalue weighted by molar-refractivity contribution is 6.32. The van der Waals surface area contributed by atoms with E-state index in [1.165, 1.54) is 0 Å². The van der Waals surface area contributed by atoms with Gasteiger partial charge in [-0.3, -0.25) is 14.4 Å². The topological polar surface area (TPSA) is 79.0 Å². The van der Waals surface area contributed by atoms with Crippen LogP contribution in [-0.2, 0) is 14.4 Å². The SMILES string of the molecule is CCN(CC)C(=O)COc1ccc(NC(=O)C2CCCN2C(=O)C(C)C)cc1Cl. The van der Waals surface area contributed by atoms with Crippen LogP contribution in [0.2, 0.25) is 5.02 Å². The number of nitrogens with one attached hydrogen (secondary N) is 1. The first-order chi connectivity index (χ1) is 13.8. The van der Waals surface area contributed by atoms with Crippen molar-refractivity contribution in [1.29, 1.82) is 0 Å². The number of nitrogens with zero attached hydrogens (tertiary/aromatic N) is 2. The molecule has 1 aliphatic heterocycles. The molecular weight excluding hydrogens is 394 g/mol. The molecule has 0 radical (unpaired) electrons. The molecule has 8 heteroatoms. The maximum atomic E-state index is 12.7. The highest BCUT2D eigenvalue weighted by Crippen LogP contribution is 2.28. The monoisotopic (exact) mass is 423 g/mol. The van der Waals surface area contributed by atoms with E-state index in [4.69, 9.17) is 16.3 Å². The number of likely N-dealkylation sites (tertiary alicyclic amines) is 1. The van der Waals surface area contributed by atoms with Gasteiger partial charge in [-0.2, -0.15) is 0 Å². The summed E-state index contributed by atoms with van der Waals surface area (Å²) >= 11 is 6.26. The quantitative estimate of drug-likeness (QED) is 0.696. The molecule has 1 N–H and O–H groups in total. The van der Waals surface area contributed by atoms with Crippen LogP contribution < -0.4 is 10.1 Å². The lowest BCUT2D eigenvalue weighted by Crippen LogP contribution is -2.44. The average molecular weight is 424 g/mol. The van der Waals surface area contributed by atoms with Gasteiger partial charge in [0.25, 0.3) is 5.91 Å². The fraction of sp³-hybridized carbons (Fsp3) is 0.571. The third-order valence-corrected chi connectivity index (χ3v) is 5.29. The first kappa shape index (κ1) is 23.0. The number of amides is 3. The summed E-state index contributed by atoms with van der Waals surface area (Å²) in [5, 5.41) is 3.13. The molecule has 0 aromatic heterocycles. The van der Waals surface area contributed by atoms with E-state index in [-0.39, 0.29) is 30.2 Å². The van der Waals surface area contributed by atoms with Gasteiger partial charge in [-0.25, -0.2) is 0 Å². The number of benzene rings is 1. The molecule has 1 fully saturated rings. The number of halogens is 1. The third kappa shape index (κ3) is 5.85. The van der Waals surface area contributed by atoms with Crippen molar-refractivity contribution in [2.45, 2.75) is 46.6 Å². The molecule has 1 unspecified atom stereocenters. The molecule has 1 saturated heterocycles. The second-order valence-electron chi connectivity index (χ2n) is 7.33. The highest BCUT2D eigenvalue weighted by Gasteiger charge is 2.34. The van der Waals surface area contributed by atoms with Gasteiger partial charge in [0.15, 0.2) is 6.61 Å². The van der Waals surface area contributed by atoms with Crippen molar-refractivity contribution in [3.8, 4) is 5.75 Å². The Kier molecular flexibility index (Phi) is 8.32. The standard InChI is InChI=1S/C21H30ClN3O4/c1-5-24(6-2)19(26)13-29-18-10-9-15(12-16(18)22)23-20(27)17-8-7-11-25(17)21(28)14(3)4/h9-10,12,14,17H,5-8,11,13H2,1-4H3,(H,23,27). The summed E-state index contributed by atoms with van der Waals surface area (Å²) in [6.07, 6.45) is 1.46. The molecule has 3 amide bonds. The Bertz CT molecular complexity index is 749. The molecule has 1 heterocycles. The van der Waals surface area contributed by atoms with Crippen molar-refractivity contribution in [1.82, 2.24) is 9.80 Å². The van der Waals surface area contributed by atoms with Crippen LogP contribution in [0.15, 0.2) is 18.2 Å². The van der Waals surface area contributed by atoms with Gasteiger partial charge < -0.3 is 19.9 Å². The smallest absolute Gasteiger partial charge is 0.260 e. The van der Waals surface area contributed by atoms with Gasteiger partial charge in [-0.1, -0.05) is 25.4 Å². The molecule has 160 valence electrons. The Morgan fingerprint density at radius 1 is 1.28 bits per heavy atom. The van der Waals surface area contributed by atoms with Crippen LogP contribution in [0.25, 0.3) is 0 Å². The second-order valence-corrected chi connectivity index (χ2v) is 7.74. The Labute approximate surface area is 177 Å². The van der Waals surface area contributed by atoms with Crippen molar-refractivity contribution in [2.75, 3.05) is 31.6 Å². The number of rotatable bonds is 8. The summed E-state index contributed by atoms with van der Waals surface area (Å²) in [6, 6.07) is 4.41. The van der Waals surface area contributed by atoms with Crippen LogP contribution >= 0.6 is 11.6 Å². The number of likely N-dealkylation sites (N-methyl/N-ethyl adjacent to an activating group) is 1. The zero-order valence-electron chi connectivity index (χ0n) is 17.5. The number of hydrogen-bond acceptors (Lipinski definition) is 4. The van der Waals surface area contributed by atoms with Gasteiger partial charge in [0.1, 0.15) is 11.8 Å². The van der Waals surface area contributed by atoms with Gasteiger partial charge in [0.05, 0.1) is 5.02 Å². The number of carbonyl (C=O) groups is 3. The van der Waals surface area contributed by atoms with E-state index in [1.807, 2.05) is 27.7 Å². The summed E-state index contributed by atoms with van der Waals surface area (Å²) in [5.74, 6) is -0.115. The van der Waals surface area contributed by atoms with Crippen LogP contribution in [0.3, 0.4) is 0 Å². The zero-order valence-corrected chi connectivity index (χ0v) is 18.3. The maximum absolute atomic E-state index is 12.7. The van der Waals surface area contributed by atoms with Gasteiger partial charge in [0, 0.05) is 31.2 Å². The van der Waals surface area contributed by atoms with Crippen molar-refractivity contribution < 1.29 is 19.1 Å². The number of anilines is 1. The molecule has 1 aromatic carbocycles. The van der Waals surface area contributed by atoms with Crippen LogP contribution in [-0.4, -0.2) is 59.8 Å².